The van der Waals surface area contributed by atoms with E-state index in [1.807, 2.05) is 0 Å². The Morgan fingerprint density at radius 1 is 1.43 bits per heavy atom. The maximum absolute atomic E-state index is 11.7. The van der Waals surface area contributed by atoms with Crippen LogP contribution >= 0.6 is 0 Å². The fraction of sp³-hybridized carbons (Fsp3) is 0.733. The van der Waals surface area contributed by atoms with E-state index in [-0.39, 0.29) is 11.7 Å². The van der Waals surface area contributed by atoms with Gasteiger partial charge in [0.1, 0.15) is 0 Å². The van der Waals surface area contributed by atoms with E-state index in [4.69, 9.17) is 4.74 Å². The summed E-state index contributed by atoms with van der Waals surface area (Å²) in [5.41, 5.74) is -0.170. The van der Waals surface area contributed by atoms with Crippen LogP contribution < -0.4 is 11.2 Å². The van der Waals surface area contributed by atoms with Gasteiger partial charge < -0.3 is 9.72 Å². The number of hydrogen-bond acceptors (Lipinski definition) is 4. The summed E-state index contributed by atoms with van der Waals surface area (Å²) >= 11 is 0. The van der Waals surface area contributed by atoms with Crippen LogP contribution in [0, 0.1) is 5.92 Å². The van der Waals surface area contributed by atoms with E-state index in [0.29, 0.717) is 18.7 Å². The molecule has 1 saturated heterocycles. The van der Waals surface area contributed by atoms with Crippen molar-refractivity contribution in [2.24, 2.45) is 5.92 Å². The molecule has 6 nitrogen and oxygen atoms in total. The average Bonchev–Trinajstić information content (AvgIpc) is 2.42. The lowest BCUT2D eigenvalue weighted by atomic mass is 10.0. The van der Waals surface area contributed by atoms with Gasteiger partial charge in [0.25, 0.3) is 5.56 Å². The van der Waals surface area contributed by atoms with E-state index < -0.39 is 5.69 Å². The molecule has 1 aliphatic heterocycles. The molecule has 1 aromatic rings. The van der Waals surface area contributed by atoms with Gasteiger partial charge in [-0.3, -0.25) is 14.7 Å². The number of nitrogens with one attached hydrogen (secondary N) is 2. The van der Waals surface area contributed by atoms with Crippen LogP contribution in [0.1, 0.15) is 38.7 Å². The van der Waals surface area contributed by atoms with Crippen molar-refractivity contribution in [3.63, 3.8) is 0 Å². The van der Waals surface area contributed by atoms with Crippen molar-refractivity contribution in [3.05, 3.63) is 32.6 Å². The zero-order valence-corrected chi connectivity index (χ0v) is 12.9. The van der Waals surface area contributed by atoms with Gasteiger partial charge in [-0.05, 0) is 12.3 Å². The minimum Gasteiger partial charge on any atom is -0.376 e. The van der Waals surface area contributed by atoms with Gasteiger partial charge >= 0.3 is 5.69 Å². The predicted molar refractivity (Wildman–Crippen MR) is 81.4 cm³/mol. The lowest BCUT2D eigenvalue weighted by molar-refractivity contribution is -0.0361. The van der Waals surface area contributed by atoms with Crippen LogP contribution in [-0.4, -0.2) is 40.7 Å². The molecule has 0 bridgehead atoms. The Morgan fingerprint density at radius 3 is 2.95 bits per heavy atom. The fourth-order valence-electron chi connectivity index (χ4n) is 2.65. The summed E-state index contributed by atoms with van der Waals surface area (Å²) in [6, 6.07) is 0. The van der Waals surface area contributed by atoms with Gasteiger partial charge in [-0.1, -0.05) is 26.7 Å². The summed E-state index contributed by atoms with van der Waals surface area (Å²) in [6.45, 7) is 7.38. The van der Waals surface area contributed by atoms with Gasteiger partial charge in [-0.2, -0.15) is 0 Å². The smallest absolute Gasteiger partial charge is 0.325 e. The Hall–Kier alpha value is -1.40. The molecule has 0 aromatic carbocycles. The molecule has 0 saturated carbocycles. The van der Waals surface area contributed by atoms with Gasteiger partial charge in [0.05, 0.1) is 12.7 Å². The maximum atomic E-state index is 11.7. The Morgan fingerprint density at radius 2 is 2.24 bits per heavy atom. The Bertz CT molecular complexity index is 550. The summed E-state index contributed by atoms with van der Waals surface area (Å²) in [5, 5.41) is 0. The molecule has 2 heterocycles. The van der Waals surface area contributed by atoms with Crippen LogP contribution in [-0.2, 0) is 11.3 Å². The zero-order valence-electron chi connectivity index (χ0n) is 12.9. The summed E-state index contributed by atoms with van der Waals surface area (Å²) in [4.78, 5) is 29.7. The first kappa shape index (κ1) is 16.0. The molecule has 1 aliphatic rings. The molecule has 2 rings (SSSR count). The highest BCUT2D eigenvalue weighted by atomic mass is 16.5. The number of nitrogens with zero attached hydrogens (tertiary/aromatic N) is 1. The van der Waals surface area contributed by atoms with Gasteiger partial charge in [-0.25, -0.2) is 4.79 Å². The van der Waals surface area contributed by atoms with Gasteiger partial charge in [0.15, 0.2) is 0 Å². The first-order chi connectivity index (χ1) is 10.0. The molecule has 6 heteroatoms. The second-order valence-electron chi connectivity index (χ2n) is 6.15. The zero-order chi connectivity index (χ0) is 15.2. The molecule has 2 N–H and O–H groups in total. The van der Waals surface area contributed by atoms with E-state index in [0.717, 1.165) is 25.4 Å². The molecule has 0 amide bonds. The van der Waals surface area contributed by atoms with Crippen molar-refractivity contribution in [2.45, 2.75) is 45.8 Å². The number of hydrogen-bond donors (Lipinski definition) is 2. The fourth-order valence-corrected chi connectivity index (χ4v) is 2.65. The van der Waals surface area contributed by atoms with Crippen LogP contribution in [0.3, 0.4) is 0 Å². The topological polar surface area (TPSA) is 78.2 Å². The highest BCUT2D eigenvalue weighted by molar-refractivity contribution is 5.03. The van der Waals surface area contributed by atoms with Crippen molar-refractivity contribution in [1.82, 2.24) is 14.9 Å². The largest absolute Gasteiger partial charge is 0.376 e. The first-order valence-electron chi connectivity index (χ1n) is 7.69. The molecule has 1 atom stereocenters. The molecule has 0 aliphatic carbocycles. The van der Waals surface area contributed by atoms with Crippen LogP contribution in [0.25, 0.3) is 0 Å². The minimum atomic E-state index is -0.461. The van der Waals surface area contributed by atoms with Gasteiger partial charge in [0, 0.05) is 31.4 Å². The standard InChI is InChI=1S/C15H25N3O3/c1-11(2)4-3-5-13-10-18(6-7-21-13)9-12-8-16-15(20)17-14(12)19/h8,11,13H,3-7,9-10H2,1-2H3,(H2,16,17,19,20)/t13-/m0/s1. The van der Waals surface area contributed by atoms with Crippen LogP contribution in [0.4, 0.5) is 0 Å². The molecular weight excluding hydrogens is 270 g/mol. The minimum absolute atomic E-state index is 0.249. The molecule has 0 spiro atoms. The van der Waals surface area contributed by atoms with Crippen LogP contribution in [0.2, 0.25) is 0 Å². The number of rotatable bonds is 6. The molecule has 1 fully saturated rings. The Kier molecular flexibility index (Phi) is 5.76. The molecule has 1 aromatic heterocycles. The lowest BCUT2D eigenvalue weighted by Gasteiger charge is -2.32. The van der Waals surface area contributed by atoms with Crippen molar-refractivity contribution in [1.29, 1.82) is 0 Å². The number of morpholine rings is 1. The van der Waals surface area contributed by atoms with E-state index in [2.05, 4.69) is 28.7 Å². The molecule has 21 heavy (non-hydrogen) atoms. The third-order valence-corrected chi connectivity index (χ3v) is 3.82. The molecule has 0 radical (unpaired) electrons. The lowest BCUT2D eigenvalue weighted by Crippen LogP contribution is -2.43. The number of H-pyrrole nitrogens is 2. The Labute approximate surface area is 124 Å². The number of aromatic nitrogens is 2. The summed E-state index contributed by atoms with van der Waals surface area (Å²) in [6.07, 6.45) is 5.22. The van der Waals surface area contributed by atoms with E-state index in [9.17, 15) is 9.59 Å². The monoisotopic (exact) mass is 295 g/mol. The van der Waals surface area contributed by atoms with Gasteiger partial charge in [0.2, 0.25) is 0 Å². The van der Waals surface area contributed by atoms with Crippen molar-refractivity contribution < 1.29 is 4.74 Å². The van der Waals surface area contributed by atoms with Crippen LogP contribution in [0.15, 0.2) is 15.8 Å². The van der Waals surface area contributed by atoms with E-state index in [1.165, 1.54) is 19.0 Å². The van der Waals surface area contributed by atoms with Crippen molar-refractivity contribution >= 4 is 0 Å². The van der Waals surface area contributed by atoms with Gasteiger partial charge in [-0.15, -0.1) is 0 Å². The average molecular weight is 295 g/mol. The van der Waals surface area contributed by atoms with E-state index >= 15 is 0 Å². The Balaban J connectivity index is 1.86. The van der Waals surface area contributed by atoms with Crippen molar-refractivity contribution in [3.8, 4) is 0 Å². The third-order valence-electron chi connectivity index (χ3n) is 3.82. The summed E-state index contributed by atoms with van der Waals surface area (Å²) < 4.78 is 5.79. The summed E-state index contributed by atoms with van der Waals surface area (Å²) in [5.74, 6) is 0.726. The molecule has 0 unspecified atom stereocenters. The highest BCUT2D eigenvalue weighted by Gasteiger charge is 2.21. The number of ether oxygens (including phenoxy) is 1. The SMILES string of the molecule is CC(C)CCC[C@H]1CN(Cc2c[nH]c(=O)[nH]c2=O)CCO1. The summed E-state index contributed by atoms with van der Waals surface area (Å²) in [7, 11) is 0. The van der Waals surface area contributed by atoms with Crippen LogP contribution in [0.5, 0.6) is 0 Å². The third kappa shape index (κ3) is 5.13. The molecule has 118 valence electrons. The highest BCUT2D eigenvalue weighted by Crippen LogP contribution is 2.15. The second kappa shape index (κ2) is 7.56. The predicted octanol–water partition coefficient (Wildman–Crippen LogP) is 1.09. The second-order valence-corrected chi connectivity index (χ2v) is 6.15. The van der Waals surface area contributed by atoms with E-state index in [1.54, 1.807) is 0 Å². The number of aromatic amines is 2. The quantitative estimate of drug-likeness (QED) is 0.823. The first-order valence-corrected chi connectivity index (χ1v) is 7.69. The normalized spacial score (nSPS) is 20.0. The maximum Gasteiger partial charge on any atom is 0.325 e. The van der Waals surface area contributed by atoms with Crippen molar-refractivity contribution in [2.75, 3.05) is 19.7 Å². The molecular formula is C15H25N3O3.